The average Bonchev–Trinajstić information content (AvgIpc) is 2.41. The van der Waals surface area contributed by atoms with Crippen LogP contribution in [-0.2, 0) is 9.59 Å². The van der Waals surface area contributed by atoms with E-state index in [9.17, 15) is 9.59 Å². The number of thioether (sulfide) groups is 1. The van der Waals surface area contributed by atoms with Gasteiger partial charge in [0.15, 0.2) is 0 Å². The van der Waals surface area contributed by atoms with Gasteiger partial charge in [0.2, 0.25) is 5.91 Å². The first-order valence-corrected chi connectivity index (χ1v) is 7.48. The van der Waals surface area contributed by atoms with Crippen molar-refractivity contribution < 1.29 is 14.7 Å². The molecule has 1 unspecified atom stereocenters. The Balaban J connectivity index is 2.59. The summed E-state index contributed by atoms with van der Waals surface area (Å²) in [7, 11) is 0. The molecule has 20 heavy (non-hydrogen) atoms. The normalized spacial score (nSPS) is 12.2. The molecule has 1 amide bonds. The van der Waals surface area contributed by atoms with Crippen molar-refractivity contribution in [3.8, 4) is 0 Å². The van der Waals surface area contributed by atoms with Crippen LogP contribution in [0.5, 0.6) is 0 Å². The average molecular weight is 294 g/mol. The molecule has 1 aromatic rings. The first-order valence-electron chi connectivity index (χ1n) is 6.09. The monoisotopic (exact) mass is 294 g/mol. The maximum absolute atomic E-state index is 11.7. The molecule has 0 aliphatic heterocycles. The number of hydrogen-bond donors (Lipinski definition) is 3. The van der Waals surface area contributed by atoms with Gasteiger partial charge in [-0.25, -0.2) is 4.79 Å². The Hall–Kier alpha value is -1.95. The topological polar surface area (TPSA) is 92.4 Å². The molecule has 0 spiro atoms. The third-order valence-electron chi connectivity index (χ3n) is 2.56. The molecule has 0 heterocycles. The number of carboxylic acids is 1. The number of anilines is 1. The lowest BCUT2D eigenvalue weighted by molar-refractivity contribution is -0.141. The summed E-state index contributed by atoms with van der Waals surface area (Å²) < 4.78 is 0. The van der Waals surface area contributed by atoms with Crippen LogP contribution in [0.4, 0.5) is 5.69 Å². The summed E-state index contributed by atoms with van der Waals surface area (Å²) in [6.07, 6.45) is 5.19. The van der Waals surface area contributed by atoms with Crippen molar-refractivity contribution >= 4 is 35.4 Å². The molecular weight excluding hydrogens is 276 g/mol. The zero-order chi connectivity index (χ0) is 15.0. The number of nitrogens with one attached hydrogen (secondary N) is 1. The Kier molecular flexibility index (Phi) is 6.66. The number of amides is 1. The summed E-state index contributed by atoms with van der Waals surface area (Å²) in [6, 6.07) is 6.21. The van der Waals surface area contributed by atoms with E-state index >= 15 is 0 Å². The lowest BCUT2D eigenvalue weighted by atomic mass is 10.2. The highest BCUT2D eigenvalue weighted by atomic mass is 32.2. The van der Waals surface area contributed by atoms with Crippen molar-refractivity contribution in [3.05, 3.63) is 35.9 Å². The zero-order valence-corrected chi connectivity index (χ0v) is 12.0. The molecule has 0 aromatic heterocycles. The van der Waals surface area contributed by atoms with Gasteiger partial charge in [-0.1, -0.05) is 12.1 Å². The molecule has 4 N–H and O–H groups in total. The number of carboxylic acid groups (broad SMARTS) is 1. The predicted molar refractivity (Wildman–Crippen MR) is 82.5 cm³/mol. The van der Waals surface area contributed by atoms with Crippen LogP contribution in [0.15, 0.2) is 30.3 Å². The minimum absolute atomic E-state index is 0.397. The number of carbonyl (C=O) groups is 2. The highest BCUT2D eigenvalue weighted by molar-refractivity contribution is 7.98. The Morgan fingerprint density at radius 1 is 1.50 bits per heavy atom. The van der Waals surface area contributed by atoms with E-state index in [0.29, 0.717) is 17.9 Å². The number of nitrogens with two attached hydrogens (primary N) is 1. The van der Waals surface area contributed by atoms with E-state index in [1.165, 1.54) is 17.8 Å². The first kappa shape index (κ1) is 16.1. The predicted octanol–water partition coefficient (Wildman–Crippen LogP) is 1.60. The summed E-state index contributed by atoms with van der Waals surface area (Å²) in [5.74, 6) is -0.776. The Morgan fingerprint density at radius 3 is 2.85 bits per heavy atom. The van der Waals surface area contributed by atoms with E-state index in [-0.39, 0.29) is 0 Å². The molecule has 1 aromatic carbocycles. The maximum Gasteiger partial charge on any atom is 0.326 e. The van der Waals surface area contributed by atoms with Crippen LogP contribution < -0.4 is 11.1 Å². The van der Waals surface area contributed by atoms with Gasteiger partial charge in [0, 0.05) is 11.8 Å². The minimum Gasteiger partial charge on any atom is -0.480 e. The number of carbonyl (C=O) groups excluding carboxylic acids is 1. The van der Waals surface area contributed by atoms with Crippen LogP contribution in [0, 0.1) is 0 Å². The van der Waals surface area contributed by atoms with Gasteiger partial charge in [0.05, 0.1) is 0 Å². The van der Waals surface area contributed by atoms with Crippen molar-refractivity contribution in [1.82, 2.24) is 5.32 Å². The number of hydrogen-bond acceptors (Lipinski definition) is 4. The van der Waals surface area contributed by atoms with Crippen molar-refractivity contribution in [1.29, 1.82) is 0 Å². The molecule has 1 rings (SSSR count). The van der Waals surface area contributed by atoms with E-state index in [1.54, 1.807) is 24.3 Å². The highest BCUT2D eigenvalue weighted by Gasteiger charge is 2.17. The van der Waals surface area contributed by atoms with Crippen molar-refractivity contribution in [2.75, 3.05) is 17.7 Å². The van der Waals surface area contributed by atoms with E-state index < -0.39 is 17.9 Å². The molecule has 0 aliphatic rings. The van der Waals surface area contributed by atoms with Gasteiger partial charge in [-0.05, 0) is 42.2 Å². The van der Waals surface area contributed by atoms with Crippen LogP contribution in [0.2, 0.25) is 0 Å². The number of benzene rings is 1. The van der Waals surface area contributed by atoms with Gasteiger partial charge < -0.3 is 16.2 Å². The highest BCUT2D eigenvalue weighted by Crippen LogP contribution is 2.08. The molecule has 0 bridgehead atoms. The number of rotatable bonds is 7. The minimum atomic E-state index is -1.02. The van der Waals surface area contributed by atoms with E-state index in [1.807, 2.05) is 12.3 Å². The molecule has 0 fully saturated rings. The summed E-state index contributed by atoms with van der Waals surface area (Å²) in [4.78, 5) is 22.7. The SMILES string of the molecule is CSCCC(NC(=O)/C=C/c1cccc(N)c1)C(=O)O. The molecule has 108 valence electrons. The van der Waals surface area contributed by atoms with Crippen LogP contribution in [0.25, 0.3) is 6.08 Å². The quantitative estimate of drug-likeness (QED) is 0.525. The number of nitrogen functional groups attached to an aromatic ring is 1. The standard InChI is InChI=1S/C14H18N2O3S/c1-20-8-7-12(14(18)19)16-13(17)6-5-10-3-2-4-11(15)9-10/h2-6,9,12H,7-8,15H2,1H3,(H,16,17)(H,18,19)/b6-5+. The molecule has 0 saturated heterocycles. The van der Waals surface area contributed by atoms with Gasteiger partial charge in [-0.15, -0.1) is 0 Å². The van der Waals surface area contributed by atoms with Gasteiger partial charge in [-0.3, -0.25) is 4.79 Å². The van der Waals surface area contributed by atoms with Gasteiger partial charge in [0.25, 0.3) is 0 Å². The summed E-state index contributed by atoms with van der Waals surface area (Å²) >= 11 is 1.54. The first-order chi connectivity index (χ1) is 9.52. The van der Waals surface area contributed by atoms with Gasteiger partial charge in [-0.2, -0.15) is 11.8 Å². The summed E-state index contributed by atoms with van der Waals surface area (Å²) in [5, 5.41) is 11.5. The zero-order valence-electron chi connectivity index (χ0n) is 11.2. The summed E-state index contributed by atoms with van der Waals surface area (Å²) in [6.45, 7) is 0. The Bertz CT molecular complexity index is 503. The molecule has 5 nitrogen and oxygen atoms in total. The van der Waals surface area contributed by atoms with Crippen LogP contribution in [0.1, 0.15) is 12.0 Å². The summed E-state index contributed by atoms with van der Waals surface area (Å²) in [5.41, 5.74) is 7.02. The van der Waals surface area contributed by atoms with Crippen LogP contribution >= 0.6 is 11.8 Å². The third kappa shape index (κ3) is 5.79. The fraction of sp³-hybridized carbons (Fsp3) is 0.286. The number of aliphatic carboxylic acids is 1. The van der Waals surface area contributed by atoms with Crippen molar-refractivity contribution in [3.63, 3.8) is 0 Å². The second-order valence-electron chi connectivity index (χ2n) is 4.18. The fourth-order valence-electron chi connectivity index (χ4n) is 1.55. The Labute approximate surface area is 122 Å². The van der Waals surface area contributed by atoms with Gasteiger partial charge >= 0.3 is 5.97 Å². The molecule has 6 heteroatoms. The third-order valence-corrected chi connectivity index (χ3v) is 3.21. The molecule has 1 atom stereocenters. The maximum atomic E-state index is 11.7. The Morgan fingerprint density at radius 2 is 2.25 bits per heavy atom. The van der Waals surface area contributed by atoms with E-state index in [4.69, 9.17) is 10.8 Å². The van der Waals surface area contributed by atoms with Gasteiger partial charge in [0.1, 0.15) is 6.04 Å². The smallest absolute Gasteiger partial charge is 0.326 e. The lowest BCUT2D eigenvalue weighted by Crippen LogP contribution is -2.40. The second kappa shape index (κ2) is 8.27. The van der Waals surface area contributed by atoms with E-state index in [2.05, 4.69) is 5.32 Å². The van der Waals surface area contributed by atoms with Crippen LogP contribution in [0.3, 0.4) is 0 Å². The van der Waals surface area contributed by atoms with Crippen molar-refractivity contribution in [2.24, 2.45) is 0 Å². The molecular formula is C14H18N2O3S. The molecule has 0 aliphatic carbocycles. The van der Waals surface area contributed by atoms with E-state index in [0.717, 1.165) is 5.56 Å². The fourth-order valence-corrected chi connectivity index (χ4v) is 2.02. The molecule has 0 saturated carbocycles. The van der Waals surface area contributed by atoms with Crippen molar-refractivity contribution in [2.45, 2.75) is 12.5 Å². The second-order valence-corrected chi connectivity index (χ2v) is 5.17. The molecule has 0 radical (unpaired) electrons. The largest absolute Gasteiger partial charge is 0.480 e. The lowest BCUT2D eigenvalue weighted by Gasteiger charge is -2.12. The van der Waals surface area contributed by atoms with Crippen LogP contribution in [-0.4, -0.2) is 35.0 Å².